The molecule has 140 valence electrons. The summed E-state index contributed by atoms with van der Waals surface area (Å²) in [5.74, 6) is 0.617. The molecule has 1 fully saturated rings. The van der Waals surface area contributed by atoms with E-state index in [1.165, 1.54) is 0 Å². The van der Waals surface area contributed by atoms with Crippen molar-refractivity contribution in [3.63, 3.8) is 0 Å². The van der Waals surface area contributed by atoms with Crippen LogP contribution in [0.3, 0.4) is 0 Å². The van der Waals surface area contributed by atoms with E-state index in [0.717, 1.165) is 54.8 Å². The molecule has 4 rings (SSSR count). The summed E-state index contributed by atoms with van der Waals surface area (Å²) in [5.41, 5.74) is 3.01. The number of piperidine rings is 1. The Labute approximate surface area is 158 Å². The number of amides is 1. The Morgan fingerprint density at radius 2 is 2.07 bits per heavy atom. The van der Waals surface area contributed by atoms with Gasteiger partial charge < -0.3 is 10.2 Å². The first-order valence-electron chi connectivity index (χ1n) is 9.38. The minimum atomic E-state index is -0.0240. The molecule has 7 nitrogen and oxygen atoms in total. The number of carbonyl (C=O) groups is 1. The van der Waals surface area contributed by atoms with Crippen LogP contribution in [0.5, 0.6) is 0 Å². The van der Waals surface area contributed by atoms with E-state index in [1.807, 2.05) is 49.2 Å². The molecule has 3 aromatic rings. The molecule has 0 radical (unpaired) electrons. The molecular formula is C20H24N6O. The van der Waals surface area contributed by atoms with Crippen LogP contribution in [0.4, 0.5) is 0 Å². The van der Waals surface area contributed by atoms with Crippen LogP contribution in [0.2, 0.25) is 0 Å². The van der Waals surface area contributed by atoms with Crippen molar-refractivity contribution in [3.8, 4) is 5.69 Å². The molecule has 1 saturated heterocycles. The van der Waals surface area contributed by atoms with Crippen molar-refractivity contribution in [2.24, 2.45) is 5.92 Å². The third kappa shape index (κ3) is 3.42. The van der Waals surface area contributed by atoms with E-state index >= 15 is 0 Å². The van der Waals surface area contributed by atoms with E-state index in [-0.39, 0.29) is 5.91 Å². The van der Waals surface area contributed by atoms with Crippen LogP contribution in [0.25, 0.3) is 16.6 Å². The molecule has 2 aromatic heterocycles. The maximum atomic E-state index is 12.9. The van der Waals surface area contributed by atoms with Crippen LogP contribution >= 0.6 is 0 Å². The first kappa shape index (κ1) is 17.6. The van der Waals surface area contributed by atoms with Crippen molar-refractivity contribution >= 4 is 16.8 Å². The van der Waals surface area contributed by atoms with Crippen molar-refractivity contribution in [2.45, 2.75) is 19.8 Å². The van der Waals surface area contributed by atoms with Gasteiger partial charge in [-0.1, -0.05) is 11.3 Å². The summed E-state index contributed by atoms with van der Waals surface area (Å²) in [5, 5.41) is 12.7. The van der Waals surface area contributed by atoms with Gasteiger partial charge in [0.05, 0.1) is 16.9 Å². The summed E-state index contributed by atoms with van der Waals surface area (Å²) in [6, 6.07) is 9.85. The number of nitrogens with zero attached hydrogens (tertiary/aromatic N) is 5. The van der Waals surface area contributed by atoms with Gasteiger partial charge in [-0.2, -0.15) is 0 Å². The molecule has 1 aliphatic rings. The van der Waals surface area contributed by atoms with E-state index in [1.54, 1.807) is 10.9 Å². The molecule has 1 N–H and O–H groups in total. The minimum absolute atomic E-state index is 0.0240. The molecule has 1 amide bonds. The monoisotopic (exact) mass is 364 g/mol. The standard InChI is InChI=1S/C20H24N6O/c1-14-19(20(27)25-10-7-15(8-11-25)13-21-2)23-24-26(14)17-5-6-18-16(12-17)4-3-9-22-18/h3-6,9,12,15,21H,7-8,10-11,13H2,1-2H3. The zero-order chi connectivity index (χ0) is 18.8. The lowest BCUT2D eigenvalue weighted by molar-refractivity contribution is 0.0684. The van der Waals surface area contributed by atoms with Gasteiger partial charge >= 0.3 is 0 Å². The van der Waals surface area contributed by atoms with Crippen molar-refractivity contribution in [1.82, 2.24) is 30.2 Å². The quantitative estimate of drug-likeness (QED) is 0.768. The van der Waals surface area contributed by atoms with Crippen LogP contribution < -0.4 is 5.32 Å². The Bertz CT molecular complexity index is 958. The van der Waals surface area contributed by atoms with Crippen LogP contribution in [-0.2, 0) is 0 Å². The number of pyridine rings is 1. The minimum Gasteiger partial charge on any atom is -0.337 e. The number of carbonyl (C=O) groups excluding carboxylic acids is 1. The van der Waals surface area contributed by atoms with E-state index < -0.39 is 0 Å². The first-order valence-corrected chi connectivity index (χ1v) is 9.38. The molecule has 0 saturated carbocycles. The van der Waals surface area contributed by atoms with Gasteiger partial charge in [-0.3, -0.25) is 9.78 Å². The zero-order valence-corrected chi connectivity index (χ0v) is 15.7. The number of likely N-dealkylation sites (tertiary alicyclic amines) is 1. The molecule has 0 aliphatic carbocycles. The van der Waals surface area contributed by atoms with E-state index in [2.05, 4.69) is 20.6 Å². The van der Waals surface area contributed by atoms with Gasteiger partial charge in [0, 0.05) is 24.7 Å². The van der Waals surface area contributed by atoms with Gasteiger partial charge in [0.2, 0.25) is 0 Å². The molecule has 1 aliphatic heterocycles. The van der Waals surface area contributed by atoms with Crippen LogP contribution in [0.15, 0.2) is 36.5 Å². The molecular weight excluding hydrogens is 340 g/mol. The summed E-state index contributed by atoms with van der Waals surface area (Å²) in [7, 11) is 1.97. The fourth-order valence-corrected chi connectivity index (χ4v) is 3.75. The summed E-state index contributed by atoms with van der Waals surface area (Å²) >= 11 is 0. The van der Waals surface area contributed by atoms with Crippen molar-refractivity contribution in [1.29, 1.82) is 0 Å². The summed E-state index contributed by atoms with van der Waals surface area (Å²) < 4.78 is 1.73. The highest BCUT2D eigenvalue weighted by Gasteiger charge is 2.27. The second-order valence-corrected chi connectivity index (χ2v) is 7.11. The van der Waals surface area contributed by atoms with Gasteiger partial charge in [-0.25, -0.2) is 4.68 Å². The fraction of sp³-hybridized carbons (Fsp3) is 0.400. The molecule has 7 heteroatoms. The molecule has 0 bridgehead atoms. The zero-order valence-electron chi connectivity index (χ0n) is 15.7. The maximum Gasteiger partial charge on any atom is 0.276 e. The predicted molar refractivity (Wildman–Crippen MR) is 104 cm³/mol. The highest BCUT2D eigenvalue weighted by Crippen LogP contribution is 2.21. The SMILES string of the molecule is CNCC1CCN(C(=O)c2nnn(-c3ccc4ncccc4c3)c2C)CC1. The summed E-state index contributed by atoms with van der Waals surface area (Å²) in [6.07, 6.45) is 3.83. The second kappa shape index (κ2) is 7.44. The third-order valence-corrected chi connectivity index (χ3v) is 5.32. The number of rotatable bonds is 4. The average Bonchev–Trinajstić information content (AvgIpc) is 3.09. The Morgan fingerprint density at radius 1 is 1.26 bits per heavy atom. The number of hydrogen-bond acceptors (Lipinski definition) is 5. The normalized spacial score (nSPS) is 15.4. The smallest absolute Gasteiger partial charge is 0.276 e. The first-order chi connectivity index (χ1) is 13.2. The fourth-order valence-electron chi connectivity index (χ4n) is 3.75. The number of fused-ring (bicyclic) bond motifs is 1. The van der Waals surface area contributed by atoms with Crippen molar-refractivity contribution in [2.75, 3.05) is 26.7 Å². The molecule has 0 atom stereocenters. The lowest BCUT2D eigenvalue weighted by atomic mass is 9.96. The van der Waals surface area contributed by atoms with E-state index in [9.17, 15) is 4.79 Å². The van der Waals surface area contributed by atoms with Crippen molar-refractivity contribution < 1.29 is 4.79 Å². The largest absolute Gasteiger partial charge is 0.337 e. The van der Waals surface area contributed by atoms with Gasteiger partial charge in [-0.05, 0) is 63.5 Å². The lowest BCUT2D eigenvalue weighted by Gasteiger charge is -2.31. The topological polar surface area (TPSA) is 75.9 Å². The highest BCUT2D eigenvalue weighted by molar-refractivity contribution is 5.93. The molecule has 3 heterocycles. The number of hydrogen-bond donors (Lipinski definition) is 1. The van der Waals surface area contributed by atoms with Gasteiger partial charge in [0.25, 0.3) is 5.91 Å². The maximum absolute atomic E-state index is 12.9. The van der Waals surface area contributed by atoms with Gasteiger partial charge in [0.1, 0.15) is 0 Å². The Morgan fingerprint density at radius 3 is 2.85 bits per heavy atom. The van der Waals surface area contributed by atoms with Gasteiger partial charge in [0.15, 0.2) is 5.69 Å². The van der Waals surface area contributed by atoms with Crippen LogP contribution in [0.1, 0.15) is 29.0 Å². The van der Waals surface area contributed by atoms with Crippen LogP contribution in [-0.4, -0.2) is 57.5 Å². The number of nitrogens with one attached hydrogen (secondary N) is 1. The van der Waals surface area contributed by atoms with E-state index in [0.29, 0.717) is 11.6 Å². The predicted octanol–water partition coefficient (Wildman–Crippen LogP) is 2.20. The average molecular weight is 364 g/mol. The van der Waals surface area contributed by atoms with Gasteiger partial charge in [-0.15, -0.1) is 5.10 Å². The van der Waals surface area contributed by atoms with E-state index in [4.69, 9.17) is 0 Å². The Balaban J connectivity index is 1.55. The Hall–Kier alpha value is -2.80. The molecule has 0 unspecified atom stereocenters. The number of aromatic nitrogens is 4. The summed E-state index contributed by atoms with van der Waals surface area (Å²) in [6.45, 7) is 4.46. The van der Waals surface area contributed by atoms with Crippen molar-refractivity contribution in [3.05, 3.63) is 47.9 Å². The Kier molecular flexibility index (Phi) is 4.85. The highest BCUT2D eigenvalue weighted by atomic mass is 16.2. The third-order valence-electron chi connectivity index (χ3n) is 5.32. The lowest BCUT2D eigenvalue weighted by Crippen LogP contribution is -2.40. The summed E-state index contributed by atoms with van der Waals surface area (Å²) in [4.78, 5) is 19.2. The van der Waals surface area contributed by atoms with Crippen LogP contribution in [0, 0.1) is 12.8 Å². The molecule has 27 heavy (non-hydrogen) atoms. The number of benzene rings is 1. The second-order valence-electron chi connectivity index (χ2n) is 7.11. The molecule has 0 spiro atoms. The molecule has 1 aromatic carbocycles.